The first-order valence-corrected chi connectivity index (χ1v) is 5.77. The summed E-state index contributed by atoms with van der Waals surface area (Å²) >= 11 is 0. The largest absolute Gasteiger partial charge is 0.462 e. The van der Waals surface area contributed by atoms with Crippen LogP contribution in [0.15, 0.2) is 6.20 Å². The predicted octanol–water partition coefficient (Wildman–Crippen LogP) is -0.960. The lowest BCUT2D eigenvalue weighted by atomic mass is 10.2. The fraction of sp³-hybridized carbons (Fsp3) is 0.636. The molecule has 7 nitrogen and oxygen atoms in total. The van der Waals surface area contributed by atoms with E-state index in [9.17, 15) is 9.90 Å². The topological polar surface area (TPSA) is 96.6 Å². The van der Waals surface area contributed by atoms with Crippen LogP contribution >= 0.6 is 0 Å². The second-order valence-electron chi connectivity index (χ2n) is 3.82. The average Bonchev–Trinajstić information content (AvgIpc) is 2.71. The Balaban J connectivity index is 2.64. The molecule has 0 radical (unpaired) electrons. The lowest BCUT2D eigenvalue weighted by molar-refractivity contribution is 0.0524. The number of aromatic nitrogens is 2. The minimum absolute atomic E-state index is 0.240. The van der Waals surface area contributed by atoms with E-state index in [-0.39, 0.29) is 13.2 Å². The van der Waals surface area contributed by atoms with E-state index in [1.807, 2.05) is 0 Å². The highest BCUT2D eigenvalue weighted by molar-refractivity contribution is 5.90. The van der Waals surface area contributed by atoms with Crippen LogP contribution in [-0.2, 0) is 18.3 Å². The molecular formula is C11H19N3O4. The number of ether oxygens (including phenoxy) is 1. The minimum Gasteiger partial charge on any atom is -0.462 e. The van der Waals surface area contributed by atoms with E-state index < -0.39 is 12.1 Å². The molecule has 0 fully saturated rings. The Kier molecular flexibility index (Phi) is 5.76. The monoisotopic (exact) mass is 257 g/mol. The summed E-state index contributed by atoms with van der Waals surface area (Å²) in [6.45, 7) is 2.35. The Morgan fingerprint density at radius 1 is 1.67 bits per heavy atom. The van der Waals surface area contributed by atoms with Crippen molar-refractivity contribution in [1.29, 1.82) is 0 Å². The molecule has 0 aliphatic rings. The van der Waals surface area contributed by atoms with Crippen LogP contribution in [0.25, 0.3) is 0 Å². The average molecular weight is 257 g/mol. The smallest absolute Gasteiger partial charge is 0.341 e. The molecule has 1 rings (SSSR count). The van der Waals surface area contributed by atoms with Gasteiger partial charge in [0.25, 0.3) is 0 Å². The van der Waals surface area contributed by atoms with E-state index in [4.69, 9.17) is 9.84 Å². The highest BCUT2D eigenvalue weighted by Crippen LogP contribution is 2.09. The molecule has 7 heteroatoms. The van der Waals surface area contributed by atoms with Crippen LogP contribution in [0.5, 0.6) is 0 Å². The summed E-state index contributed by atoms with van der Waals surface area (Å²) in [5, 5.41) is 24.8. The van der Waals surface area contributed by atoms with Gasteiger partial charge in [0.15, 0.2) is 0 Å². The summed E-state index contributed by atoms with van der Waals surface area (Å²) in [5.41, 5.74) is 1.09. The van der Waals surface area contributed by atoms with Crippen LogP contribution in [-0.4, -0.2) is 51.8 Å². The lowest BCUT2D eigenvalue weighted by Gasteiger charge is -2.10. The second kappa shape index (κ2) is 7.10. The molecule has 3 N–H and O–H groups in total. The number of carbonyl (C=O) groups is 1. The van der Waals surface area contributed by atoms with Gasteiger partial charge in [-0.15, -0.1) is 0 Å². The molecular weight excluding hydrogens is 238 g/mol. The molecule has 1 unspecified atom stereocenters. The van der Waals surface area contributed by atoms with Gasteiger partial charge in [0.2, 0.25) is 0 Å². The molecule has 0 saturated heterocycles. The first-order chi connectivity index (χ1) is 8.60. The third-order valence-corrected chi connectivity index (χ3v) is 2.44. The van der Waals surface area contributed by atoms with E-state index in [1.54, 1.807) is 18.7 Å². The number of nitrogens with zero attached hydrogens (tertiary/aromatic N) is 2. The zero-order chi connectivity index (χ0) is 13.5. The van der Waals surface area contributed by atoms with Crippen LogP contribution in [0.4, 0.5) is 0 Å². The number of hydrogen-bond acceptors (Lipinski definition) is 6. The van der Waals surface area contributed by atoms with Gasteiger partial charge in [-0.1, -0.05) is 0 Å². The van der Waals surface area contributed by atoms with E-state index >= 15 is 0 Å². The number of aliphatic hydroxyl groups is 2. The third-order valence-electron chi connectivity index (χ3n) is 2.44. The van der Waals surface area contributed by atoms with Gasteiger partial charge in [0.05, 0.1) is 31.2 Å². The van der Waals surface area contributed by atoms with Crippen LogP contribution in [0.2, 0.25) is 0 Å². The maximum atomic E-state index is 11.6. The Morgan fingerprint density at radius 2 is 2.39 bits per heavy atom. The Labute approximate surface area is 105 Å². The van der Waals surface area contributed by atoms with E-state index in [0.29, 0.717) is 24.4 Å². The first-order valence-electron chi connectivity index (χ1n) is 5.77. The van der Waals surface area contributed by atoms with Gasteiger partial charge in [-0.25, -0.2) is 4.79 Å². The third kappa shape index (κ3) is 3.80. The van der Waals surface area contributed by atoms with Crippen LogP contribution < -0.4 is 5.32 Å². The van der Waals surface area contributed by atoms with Gasteiger partial charge < -0.3 is 20.3 Å². The highest BCUT2D eigenvalue weighted by Gasteiger charge is 2.16. The van der Waals surface area contributed by atoms with Crippen LogP contribution in [0, 0.1) is 0 Å². The number of rotatable bonds is 7. The SMILES string of the molecule is CCOC(=O)c1cnn(C)c1CNCC(O)CO. The Bertz CT molecular complexity index is 392. The van der Waals surface area contributed by atoms with Crippen molar-refractivity contribution in [1.82, 2.24) is 15.1 Å². The van der Waals surface area contributed by atoms with Gasteiger partial charge in [-0.2, -0.15) is 5.10 Å². The Morgan fingerprint density at radius 3 is 3.00 bits per heavy atom. The second-order valence-corrected chi connectivity index (χ2v) is 3.82. The quantitative estimate of drug-likeness (QED) is 0.544. The normalized spacial score (nSPS) is 12.4. The molecule has 18 heavy (non-hydrogen) atoms. The van der Waals surface area contributed by atoms with Gasteiger partial charge in [0.1, 0.15) is 5.56 Å². The molecule has 1 atom stereocenters. The fourth-order valence-corrected chi connectivity index (χ4v) is 1.47. The first kappa shape index (κ1) is 14.6. The van der Waals surface area contributed by atoms with Gasteiger partial charge in [-0.3, -0.25) is 4.68 Å². The van der Waals surface area contributed by atoms with Crippen LogP contribution in [0.1, 0.15) is 23.0 Å². The molecule has 0 spiro atoms. The van der Waals surface area contributed by atoms with E-state index in [1.165, 1.54) is 6.20 Å². The lowest BCUT2D eigenvalue weighted by Crippen LogP contribution is -2.30. The summed E-state index contributed by atoms with van der Waals surface area (Å²) in [7, 11) is 1.72. The highest BCUT2D eigenvalue weighted by atomic mass is 16.5. The summed E-state index contributed by atoms with van der Waals surface area (Å²) in [4.78, 5) is 11.6. The van der Waals surface area contributed by atoms with Crippen molar-refractivity contribution in [2.45, 2.75) is 19.6 Å². The summed E-state index contributed by atoms with van der Waals surface area (Å²) in [6, 6.07) is 0. The summed E-state index contributed by atoms with van der Waals surface area (Å²) < 4.78 is 6.50. The maximum Gasteiger partial charge on any atom is 0.341 e. The standard InChI is InChI=1S/C11H19N3O4/c1-3-18-11(17)9-5-13-14(2)10(9)6-12-4-8(16)7-15/h5,8,12,15-16H,3-4,6-7H2,1-2H3. The zero-order valence-corrected chi connectivity index (χ0v) is 10.6. The summed E-state index contributed by atoms with van der Waals surface area (Å²) in [6.07, 6.45) is 0.640. The van der Waals surface area contributed by atoms with Crippen molar-refractivity contribution in [3.8, 4) is 0 Å². The number of nitrogens with one attached hydrogen (secondary N) is 1. The van der Waals surface area contributed by atoms with Gasteiger partial charge in [-0.05, 0) is 6.92 Å². The zero-order valence-electron chi connectivity index (χ0n) is 10.6. The summed E-state index contributed by atoms with van der Waals surface area (Å²) in [5.74, 6) is -0.412. The van der Waals surface area contributed by atoms with Crippen molar-refractivity contribution in [2.24, 2.45) is 7.05 Å². The van der Waals surface area contributed by atoms with Crippen molar-refractivity contribution in [3.05, 3.63) is 17.5 Å². The molecule has 0 aromatic carbocycles. The van der Waals surface area contributed by atoms with Crippen molar-refractivity contribution in [2.75, 3.05) is 19.8 Å². The number of aliphatic hydroxyl groups excluding tert-OH is 2. The minimum atomic E-state index is -0.815. The van der Waals surface area contributed by atoms with Crippen molar-refractivity contribution in [3.63, 3.8) is 0 Å². The van der Waals surface area contributed by atoms with Crippen LogP contribution in [0.3, 0.4) is 0 Å². The van der Waals surface area contributed by atoms with Gasteiger partial charge >= 0.3 is 5.97 Å². The molecule has 1 heterocycles. The van der Waals surface area contributed by atoms with Gasteiger partial charge in [0, 0.05) is 20.1 Å². The molecule has 1 aromatic heterocycles. The maximum absolute atomic E-state index is 11.6. The molecule has 0 aliphatic carbocycles. The number of hydrogen-bond donors (Lipinski definition) is 3. The molecule has 1 aromatic rings. The van der Waals surface area contributed by atoms with Crippen molar-refractivity contribution < 1.29 is 19.7 Å². The molecule has 0 amide bonds. The van der Waals surface area contributed by atoms with E-state index in [2.05, 4.69) is 10.4 Å². The number of esters is 1. The molecule has 0 aliphatic heterocycles. The molecule has 0 saturated carbocycles. The Hall–Kier alpha value is -1.44. The molecule has 102 valence electrons. The molecule has 0 bridgehead atoms. The number of aryl methyl sites for hydroxylation is 1. The van der Waals surface area contributed by atoms with Crippen molar-refractivity contribution >= 4 is 5.97 Å². The van der Waals surface area contributed by atoms with E-state index in [0.717, 1.165) is 0 Å². The number of carbonyl (C=O) groups excluding carboxylic acids is 1. The fourth-order valence-electron chi connectivity index (χ4n) is 1.47. The predicted molar refractivity (Wildman–Crippen MR) is 64.0 cm³/mol.